The number of hydrogen-bond donors (Lipinski definition) is 2. The molecule has 0 aliphatic carbocycles. The van der Waals surface area contributed by atoms with Gasteiger partial charge in [0.25, 0.3) is 0 Å². The van der Waals surface area contributed by atoms with E-state index in [2.05, 4.69) is 26.2 Å². The van der Waals surface area contributed by atoms with Crippen molar-refractivity contribution in [1.82, 2.24) is 20.2 Å². The Morgan fingerprint density at radius 1 is 1.00 bits per heavy atom. The SMILES string of the molecule is CC(=O)Nc1ccc(NC(=O)[C@H](C)Sc2nnnn2-c2ccc(C)c(C)c2)cc1. The molecule has 29 heavy (non-hydrogen) atoms. The van der Waals surface area contributed by atoms with E-state index in [0.717, 1.165) is 11.3 Å². The van der Waals surface area contributed by atoms with Gasteiger partial charge in [0.15, 0.2) is 0 Å². The zero-order chi connectivity index (χ0) is 21.0. The monoisotopic (exact) mass is 410 g/mol. The summed E-state index contributed by atoms with van der Waals surface area (Å²) in [6.07, 6.45) is 0. The van der Waals surface area contributed by atoms with Gasteiger partial charge in [-0.2, -0.15) is 4.68 Å². The number of tetrazole rings is 1. The van der Waals surface area contributed by atoms with Crippen molar-refractivity contribution in [3.8, 4) is 5.69 Å². The third kappa shape index (κ3) is 5.20. The van der Waals surface area contributed by atoms with Crippen LogP contribution in [0.3, 0.4) is 0 Å². The Morgan fingerprint density at radius 2 is 1.66 bits per heavy atom. The van der Waals surface area contributed by atoms with Crippen LogP contribution in [0, 0.1) is 13.8 Å². The number of nitrogens with one attached hydrogen (secondary N) is 2. The van der Waals surface area contributed by atoms with E-state index in [4.69, 9.17) is 0 Å². The number of carbonyl (C=O) groups is 2. The number of anilines is 2. The van der Waals surface area contributed by atoms with Gasteiger partial charge in [-0.1, -0.05) is 17.8 Å². The molecule has 0 saturated heterocycles. The number of aromatic nitrogens is 4. The summed E-state index contributed by atoms with van der Waals surface area (Å²) >= 11 is 1.28. The largest absolute Gasteiger partial charge is 0.326 e. The molecule has 0 saturated carbocycles. The maximum atomic E-state index is 12.6. The van der Waals surface area contributed by atoms with Gasteiger partial charge in [0.2, 0.25) is 17.0 Å². The smallest absolute Gasteiger partial charge is 0.237 e. The van der Waals surface area contributed by atoms with E-state index in [9.17, 15) is 9.59 Å². The van der Waals surface area contributed by atoms with E-state index in [-0.39, 0.29) is 11.8 Å². The van der Waals surface area contributed by atoms with Crippen molar-refractivity contribution in [2.45, 2.75) is 38.1 Å². The second-order valence-electron chi connectivity index (χ2n) is 6.65. The molecule has 0 spiro atoms. The lowest BCUT2D eigenvalue weighted by Crippen LogP contribution is -2.23. The molecule has 2 aromatic carbocycles. The van der Waals surface area contributed by atoms with Crippen molar-refractivity contribution in [2.24, 2.45) is 0 Å². The zero-order valence-corrected chi connectivity index (χ0v) is 17.4. The molecule has 9 heteroatoms. The van der Waals surface area contributed by atoms with Crippen LogP contribution < -0.4 is 10.6 Å². The minimum Gasteiger partial charge on any atom is -0.326 e. The topological polar surface area (TPSA) is 102 Å². The number of carbonyl (C=O) groups excluding carboxylic acids is 2. The fourth-order valence-corrected chi connectivity index (χ4v) is 3.38. The number of benzene rings is 2. The van der Waals surface area contributed by atoms with Crippen molar-refractivity contribution < 1.29 is 9.59 Å². The van der Waals surface area contributed by atoms with Crippen molar-refractivity contribution in [3.63, 3.8) is 0 Å². The van der Waals surface area contributed by atoms with E-state index in [1.165, 1.54) is 24.2 Å². The molecule has 0 fully saturated rings. The average molecular weight is 411 g/mol. The molecule has 1 aromatic heterocycles. The molecule has 2 N–H and O–H groups in total. The first kappa shape index (κ1) is 20.5. The molecule has 0 radical (unpaired) electrons. The minimum absolute atomic E-state index is 0.145. The van der Waals surface area contributed by atoms with Crippen LogP contribution in [-0.2, 0) is 9.59 Å². The molecular weight excluding hydrogens is 388 g/mol. The molecule has 1 atom stereocenters. The lowest BCUT2D eigenvalue weighted by molar-refractivity contribution is -0.115. The van der Waals surface area contributed by atoms with E-state index in [1.54, 1.807) is 35.9 Å². The Morgan fingerprint density at radius 3 is 2.28 bits per heavy atom. The fraction of sp³-hybridized carbons (Fsp3) is 0.250. The summed E-state index contributed by atoms with van der Waals surface area (Å²) < 4.78 is 1.63. The molecule has 0 bridgehead atoms. The molecule has 0 unspecified atom stereocenters. The van der Waals surface area contributed by atoms with Gasteiger partial charge in [-0.3, -0.25) is 9.59 Å². The molecular formula is C20H22N6O2S. The Labute approximate surface area is 173 Å². The summed E-state index contributed by atoms with van der Waals surface area (Å²) in [6.45, 7) is 7.32. The summed E-state index contributed by atoms with van der Waals surface area (Å²) in [6, 6.07) is 12.9. The number of rotatable bonds is 6. The summed E-state index contributed by atoms with van der Waals surface area (Å²) in [5.41, 5.74) is 4.49. The third-order valence-corrected chi connectivity index (χ3v) is 5.33. The quantitative estimate of drug-likeness (QED) is 0.604. The van der Waals surface area contributed by atoms with Gasteiger partial charge < -0.3 is 10.6 Å². The van der Waals surface area contributed by atoms with E-state index >= 15 is 0 Å². The number of aryl methyl sites for hydroxylation is 2. The number of thioether (sulfide) groups is 1. The average Bonchev–Trinajstić information content (AvgIpc) is 3.13. The maximum absolute atomic E-state index is 12.6. The maximum Gasteiger partial charge on any atom is 0.237 e. The molecule has 2 amide bonds. The first-order valence-corrected chi connectivity index (χ1v) is 9.92. The van der Waals surface area contributed by atoms with Crippen LogP contribution in [-0.4, -0.2) is 37.3 Å². The second kappa shape index (κ2) is 8.87. The van der Waals surface area contributed by atoms with Gasteiger partial charge in [-0.25, -0.2) is 0 Å². The minimum atomic E-state index is -0.415. The summed E-state index contributed by atoms with van der Waals surface area (Å²) in [5.74, 6) is -0.315. The molecule has 0 aliphatic heterocycles. The molecule has 0 aliphatic rings. The van der Waals surface area contributed by atoms with Crippen molar-refractivity contribution in [2.75, 3.05) is 10.6 Å². The zero-order valence-electron chi connectivity index (χ0n) is 16.6. The van der Waals surface area contributed by atoms with E-state index < -0.39 is 5.25 Å². The highest BCUT2D eigenvalue weighted by Crippen LogP contribution is 2.25. The van der Waals surface area contributed by atoms with Gasteiger partial charge in [0.05, 0.1) is 10.9 Å². The standard InChI is InChI=1S/C20H22N6O2S/c1-12-5-10-18(11-13(12)2)26-20(23-24-25-26)29-14(3)19(28)22-17-8-6-16(7-9-17)21-15(4)27/h5-11,14H,1-4H3,(H,21,27)(H,22,28)/t14-/m0/s1. The van der Waals surface area contributed by atoms with Crippen LogP contribution >= 0.6 is 11.8 Å². The van der Waals surface area contributed by atoms with Crippen LogP contribution in [0.5, 0.6) is 0 Å². The number of amides is 2. The van der Waals surface area contributed by atoms with Gasteiger partial charge in [-0.05, 0) is 78.7 Å². The van der Waals surface area contributed by atoms with Crippen LogP contribution in [0.4, 0.5) is 11.4 Å². The highest BCUT2D eigenvalue weighted by atomic mass is 32.2. The van der Waals surface area contributed by atoms with E-state index in [1.807, 2.05) is 32.0 Å². The fourth-order valence-electron chi connectivity index (χ4n) is 2.57. The Kier molecular flexibility index (Phi) is 6.28. The Balaban J connectivity index is 1.67. The van der Waals surface area contributed by atoms with Crippen LogP contribution in [0.15, 0.2) is 47.6 Å². The number of nitrogens with zero attached hydrogens (tertiary/aromatic N) is 4. The van der Waals surface area contributed by atoms with Gasteiger partial charge in [0.1, 0.15) is 0 Å². The lowest BCUT2D eigenvalue weighted by Gasteiger charge is -2.12. The van der Waals surface area contributed by atoms with E-state index in [0.29, 0.717) is 16.5 Å². The van der Waals surface area contributed by atoms with Crippen molar-refractivity contribution >= 4 is 35.0 Å². The highest BCUT2D eigenvalue weighted by Gasteiger charge is 2.19. The first-order chi connectivity index (χ1) is 13.8. The summed E-state index contributed by atoms with van der Waals surface area (Å²) in [5, 5.41) is 17.5. The molecule has 3 aromatic rings. The highest BCUT2D eigenvalue weighted by molar-refractivity contribution is 8.00. The molecule has 8 nitrogen and oxygen atoms in total. The summed E-state index contributed by atoms with van der Waals surface area (Å²) in [4.78, 5) is 23.6. The predicted molar refractivity (Wildman–Crippen MR) is 113 cm³/mol. The van der Waals surface area contributed by atoms with Crippen LogP contribution in [0.25, 0.3) is 5.69 Å². The lowest BCUT2D eigenvalue weighted by atomic mass is 10.1. The molecule has 1 heterocycles. The molecule has 3 rings (SSSR count). The van der Waals surface area contributed by atoms with Gasteiger partial charge >= 0.3 is 0 Å². The normalized spacial score (nSPS) is 11.7. The molecule has 150 valence electrons. The van der Waals surface area contributed by atoms with Crippen molar-refractivity contribution in [3.05, 3.63) is 53.6 Å². The van der Waals surface area contributed by atoms with Crippen LogP contribution in [0.1, 0.15) is 25.0 Å². The predicted octanol–water partition coefficient (Wildman–Crippen LogP) is 3.36. The number of hydrogen-bond acceptors (Lipinski definition) is 6. The van der Waals surface area contributed by atoms with Crippen LogP contribution in [0.2, 0.25) is 0 Å². The first-order valence-electron chi connectivity index (χ1n) is 9.04. The summed E-state index contributed by atoms with van der Waals surface area (Å²) in [7, 11) is 0. The van der Waals surface area contributed by atoms with Gasteiger partial charge in [-0.15, -0.1) is 5.10 Å². The third-order valence-electron chi connectivity index (χ3n) is 4.30. The van der Waals surface area contributed by atoms with Crippen molar-refractivity contribution in [1.29, 1.82) is 0 Å². The van der Waals surface area contributed by atoms with Gasteiger partial charge in [0, 0.05) is 18.3 Å². The Hall–Kier alpha value is -3.20. The second-order valence-corrected chi connectivity index (χ2v) is 7.96. The Bertz CT molecular complexity index is 1030.